The lowest BCUT2D eigenvalue weighted by molar-refractivity contribution is -0.144. The number of ether oxygens (including phenoxy) is 2. The second-order valence-corrected chi connectivity index (χ2v) is 8.76. The quantitative estimate of drug-likeness (QED) is 0.387. The molecule has 1 saturated heterocycles. The Balaban J connectivity index is 1.44. The topological polar surface area (TPSA) is 67.9 Å². The molecular weight excluding hydrogens is 400 g/mol. The number of hydrogen-bond acceptors (Lipinski definition) is 6. The van der Waals surface area contributed by atoms with Gasteiger partial charge in [0.05, 0.1) is 13.2 Å². The van der Waals surface area contributed by atoms with Gasteiger partial charge in [0.15, 0.2) is 6.61 Å². The van der Waals surface area contributed by atoms with Gasteiger partial charge in [0.25, 0.3) is 5.91 Å². The van der Waals surface area contributed by atoms with Crippen molar-refractivity contribution >= 4 is 29.7 Å². The van der Waals surface area contributed by atoms with Gasteiger partial charge < -0.3 is 14.8 Å². The van der Waals surface area contributed by atoms with Crippen LogP contribution in [0.2, 0.25) is 0 Å². The monoisotopic (exact) mass is 432 g/mol. The van der Waals surface area contributed by atoms with Gasteiger partial charge in [-0.25, -0.2) is 4.79 Å². The first-order valence-electron chi connectivity index (χ1n) is 10.7. The molecule has 1 aliphatic heterocycles. The van der Waals surface area contributed by atoms with E-state index in [1.54, 1.807) is 17.8 Å². The first-order valence-corrected chi connectivity index (χ1v) is 11.9. The van der Waals surface area contributed by atoms with E-state index in [2.05, 4.69) is 10.2 Å². The van der Waals surface area contributed by atoms with Crippen LogP contribution in [0.15, 0.2) is 35.2 Å². The van der Waals surface area contributed by atoms with E-state index in [0.29, 0.717) is 6.54 Å². The molecule has 0 atom stereocenters. The van der Waals surface area contributed by atoms with E-state index in [1.807, 2.05) is 30.5 Å². The zero-order chi connectivity index (χ0) is 21.2. The molecule has 0 spiro atoms. The summed E-state index contributed by atoms with van der Waals surface area (Å²) in [5.41, 5.74) is 0.920. The number of esters is 1. The fourth-order valence-corrected chi connectivity index (χ4v) is 4.64. The van der Waals surface area contributed by atoms with Crippen LogP contribution in [0.3, 0.4) is 0 Å². The zero-order valence-electron chi connectivity index (χ0n) is 17.7. The van der Waals surface area contributed by atoms with Gasteiger partial charge in [-0.15, -0.1) is 11.8 Å². The Hall–Kier alpha value is -1.83. The molecule has 0 aromatic heterocycles. The molecule has 1 aromatic carbocycles. The number of amides is 1. The number of hydrogen-bond donors (Lipinski definition) is 1. The van der Waals surface area contributed by atoms with Crippen molar-refractivity contribution < 1.29 is 19.1 Å². The highest BCUT2D eigenvalue weighted by Gasteiger charge is 2.38. The summed E-state index contributed by atoms with van der Waals surface area (Å²) < 4.78 is 10.6. The van der Waals surface area contributed by atoms with E-state index >= 15 is 0 Å². The van der Waals surface area contributed by atoms with Crippen LogP contribution in [0, 0.1) is 0 Å². The lowest BCUT2D eigenvalue weighted by Crippen LogP contribution is -2.59. The molecule has 2 aliphatic rings. The van der Waals surface area contributed by atoms with Crippen LogP contribution in [0.25, 0.3) is 6.08 Å². The maximum absolute atomic E-state index is 12.3. The molecule has 0 bridgehead atoms. The van der Waals surface area contributed by atoms with Crippen molar-refractivity contribution in [2.24, 2.45) is 0 Å². The Bertz CT molecular complexity index is 723. The predicted molar refractivity (Wildman–Crippen MR) is 119 cm³/mol. The van der Waals surface area contributed by atoms with Crippen molar-refractivity contribution in [2.45, 2.75) is 42.5 Å². The minimum absolute atomic E-state index is 0.00450. The van der Waals surface area contributed by atoms with Crippen LogP contribution in [0.5, 0.6) is 0 Å². The summed E-state index contributed by atoms with van der Waals surface area (Å²) in [6, 6.07) is 7.88. The highest BCUT2D eigenvalue weighted by atomic mass is 32.2. The van der Waals surface area contributed by atoms with Crippen LogP contribution in [0.4, 0.5) is 0 Å². The van der Waals surface area contributed by atoms with Gasteiger partial charge in [0, 0.05) is 36.1 Å². The van der Waals surface area contributed by atoms with Crippen molar-refractivity contribution in [1.29, 1.82) is 0 Å². The number of nitrogens with one attached hydrogen (secondary N) is 1. The Morgan fingerprint density at radius 2 is 1.87 bits per heavy atom. The van der Waals surface area contributed by atoms with Gasteiger partial charge in [-0.1, -0.05) is 31.4 Å². The van der Waals surface area contributed by atoms with Crippen molar-refractivity contribution in [3.8, 4) is 0 Å². The Morgan fingerprint density at radius 3 is 2.53 bits per heavy atom. The molecule has 1 N–H and O–H groups in total. The normalized spacial score (nSPS) is 19.5. The fraction of sp³-hybridized carbons (Fsp3) is 0.565. The molecule has 1 heterocycles. The minimum atomic E-state index is -0.514. The molecule has 3 rings (SSSR count). The van der Waals surface area contributed by atoms with Gasteiger partial charge in [-0.05, 0) is 42.9 Å². The molecule has 0 unspecified atom stereocenters. The largest absolute Gasteiger partial charge is 0.452 e. The zero-order valence-corrected chi connectivity index (χ0v) is 18.5. The fourth-order valence-electron chi connectivity index (χ4n) is 4.23. The lowest BCUT2D eigenvalue weighted by Gasteiger charge is -2.48. The highest BCUT2D eigenvalue weighted by Crippen LogP contribution is 2.33. The maximum Gasteiger partial charge on any atom is 0.331 e. The van der Waals surface area contributed by atoms with Gasteiger partial charge in [0.1, 0.15) is 0 Å². The first kappa shape index (κ1) is 22.8. The smallest absolute Gasteiger partial charge is 0.331 e. The number of nitrogens with zero attached hydrogens (tertiary/aromatic N) is 1. The molecule has 1 saturated carbocycles. The van der Waals surface area contributed by atoms with E-state index in [4.69, 9.17) is 9.47 Å². The summed E-state index contributed by atoms with van der Waals surface area (Å²) in [5.74, 6) is -0.765. The van der Waals surface area contributed by atoms with Crippen LogP contribution in [-0.2, 0) is 19.1 Å². The third-order valence-corrected chi connectivity index (χ3v) is 6.70. The summed E-state index contributed by atoms with van der Waals surface area (Å²) in [7, 11) is 0. The summed E-state index contributed by atoms with van der Waals surface area (Å²) in [6.07, 6.45) is 10.9. The molecule has 2 fully saturated rings. The van der Waals surface area contributed by atoms with Crippen LogP contribution in [0.1, 0.15) is 37.7 Å². The molecule has 0 radical (unpaired) electrons. The standard InChI is InChI=1S/C23H32N2O4S/c1-30-20-8-5-19(6-9-20)7-10-22(27)29-17-21(26)24-18-23(11-3-2-4-12-23)25-13-15-28-16-14-25/h5-10H,2-4,11-18H2,1H3,(H,24,26)/b10-7+. The summed E-state index contributed by atoms with van der Waals surface area (Å²) in [6.45, 7) is 3.66. The second kappa shape index (κ2) is 11.5. The van der Waals surface area contributed by atoms with E-state index in [-0.39, 0.29) is 18.1 Å². The molecule has 1 amide bonds. The molecule has 30 heavy (non-hydrogen) atoms. The van der Waals surface area contributed by atoms with Crippen molar-refractivity contribution in [2.75, 3.05) is 45.7 Å². The number of thioether (sulfide) groups is 1. The Labute approximate surface area is 183 Å². The number of carbonyl (C=O) groups excluding carboxylic acids is 2. The van der Waals surface area contributed by atoms with Gasteiger partial charge >= 0.3 is 5.97 Å². The average Bonchev–Trinajstić information content (AvgIpc) is 2.81. The van der Waals surface area contributed by atoms with Crippen LogP contribution < -0.4 is 5.32 Å². The predicted octanol–water partition coefficient (Wildman–Crippen LogP) is 3.12. The van der Waals surface area contributed by atoms with Crippen molar-refractivity contribution in [3.05, 3.63) is 35.9 Å². The second-order valence-electron chi connectivity index (χ2n) is 7.88. The van der Waals surface area contributed by atoms with Crippen molar-refractivity contribution in [1.82, 2.24) is 10.2 Å². The molecule has 164 valence electrons. The van der Waals surface area contributed by atoms with Gasteiger partial charge in [-0.2, -0.15) is 0 Å². The van der Waals surface area contributed by atoms with Crippen LogP contribution in [-0.4, -0.2) is 68.0 Å². The van der Waals surface area contributed by atoms with E-state index < -0.39 is 5.97 Å². The minimum Gasteiger partial charge on any atom is -0.452 e. The molecule has 1 aromatic rings. The van der Waals surface area contributed by atoms with E-state index in [9.17, 15) is 9.59 Å². The highest BCUT2D eigenvalue weighted by molar-refractivity contribution is 7.98. The molecule has 7 heteroatoms. The van der Waals surface area contributed by atoms with Gasteiger partial charge in [-0.3, -0.25) is 9.69 Å². The Morgan fingerprint density at radius 1 is 1.17 bits per heavy atom. The number of carbonyl (C=O) groups is 2. The number of morpholine rings is 1. The summed E-state index contributed by atoms with van der Waals surface area (Å²) in [5, 5.41) is 3.01. The number of rotatable bonds is 8. The maximum atomic E-state index is 12.3. The van der Waals surface area contributed by atoms with E-state index in [0.717, 1.165) is 44.7 Å². The number of benzene rings is 1. The lowest BCUT2D eigenvalue weighted by atomic mass is 9.79. The van der Waals surface area contributed by atoms with Crippen LogP contribution >= 0.6 is 11.8 Å². The SMILES string of the molecule is CSc1ccc(/C=C/C(=O)OCC(=O)NCC2(N3CCOCC3)CCCCC2)cc1. The molecule has 1 aliphatic carbocycles. The Kier molecular flexibility index (Phi) is 8.78. The third kappa shape index (κ3) is 6.59. The summed E-state index contributed by atoms with van der Waals surface area (Å²) >= 11 is 1.67. The molecule has 6 nitrogen and oxygen atoms in total. The summed E-state index contributed by atoms with van der Waals surface area (Å²) in [4.78, 5) is 27.9. The molecular formula is C23H32N2O4S. The first-order chi connectivity index (χ1) is 14.6. The average molecular weight is 433 g/mol. The van der Waals surface area contributed by atoms with E-state index in [1.165, 1.54) is 30.2 Å². The third-order valence-electron chi connectivity index (χ3n) is 5.95. The van der Waals surface area contributed by atoms with Gasteiger partial charge in [0.2, 0.25) is 0 Å². The van der Waals surface area contributed by atoms with Crippen molar-refractivity contribution in [3.63, 3.8) is 0 Å².